The van der Waals surface area contributed by atoms with Gasteiger partial charge in [-0.15, -0.1) is 11.3 Å². The van der Waals surface area contributed by atoms with Crippen LogP contribution in [0.3, 0.4) is 0 Å². The second kappa shape index (κ2) is 7.90. The van der Waals surface area contributed by atoms with Crippen molar-refractivity contribution in [1.29, 1.82) is 0 Å². The van der Waals surface area contributed by atoms with Crippen molar-refractivity contribution in [2.45, 2.75) is 45.1 Å². The summed E-state index contributed by atoms with van der Waals surface area (Å²) >= 11 is 1.59. The zero-order chi connectivity index (χ0) is 16.9. The molecule has 0 saturated heterocycles. The van der Waals surface area contributed by atoms with Crippen LogP contribution in [-0.4, -0.2) is 23.5 Å². The first kappa shape index (κ1) is 17.1. The average molecular weight is 343 g/mol. The minimum atomic E-state index is 0.0566. The van der Waals surface area contributed by atoms with Gasteiger partial charge in [0.05, 0.1) is 12.1 Å². The van der Waals surface area contributed by atoms with Gasteiger partial charge in [-0.05, 0) is 32.2 Å². The van der Waals surface area contributed by atoms with E-state index >= 15 is 0 Å². The van der Waals surface area contributed by atoms with Gasteiger partial charge in [-0.1, -0.05) is 42.7 Å². The van der Waals surface area contributed by atoms with Crippen molar-refractivity contribution in [3.8, 4) is 10.6 Å². The lowest BCUT2D eigenvalue weighted by Gasteiger charge is -2.31. The molecule has 2 unspecified atom stereocenters. The molecule has 1 aromatic heterocycles. The lowest BCUT2D eigenvalue weighted by Crippen LogP contribution is -2.45. The van der Waals surface area contributed by atoms with Gasteiger partial charge < -0.3 is 11.1 Å². The first-order valence-corrected chi connectivity index (χ1v) is 9.54. The summed E-state index contributed by atoms with van der Waals surface area (Å²) in [7, 11) is 0. The number of thiazole rings is 1. The SMILES string of the molecule is Cc1ccc(-c2nc(CC(=O)NC3CCCCC3CN)cs2)cc1. The maximum absolute atomic E-state index is 12.3. The van der Waals surface area contributed by atoms with E-state index in [0.29, 0.717) is 18.9 Å². The maximum Gasteiger partial charge on any atom is 0.226 e. The summed E-state index contributed by atoms with van der Waals surface area (Å²) in [5.41, 5.74) is 9.02. The molecule has 0 aliphatic heterocycles. The van der Waals surface area contributed by atoms with Crippen molar-refractivity contribution in [2.24, 2.45) is 11.7 Å². The molecule has 0 spiro atoms. The Labute approximate surface area is 147 Å². The van der Waals surface area contributed by atoms with Gasteiger partial charge in [0.1, 0.15) is 5.01 Å². The molecule has 2 aromatic rings. The van der Waals surface area contributed by atoms with Crippen molar-refractivity contribution in [2.75, 3.05) is 6.54 Å². The standard InChI is InChI=1S/C19H25N3OS/c1-13-6-8-14(9-7-13)19-21-16(12-24-19)10-18(23)22-17-5-3-2-4-15(17)11-20/h6-9,12,15,17H,2-5,10-11,20H2,1H3,(H,22,23). The largest absolute Gasteiger partial charge is 0.353 e. The maximum atomic E-state index is 12.3. The minimum absolute atomic E-state index is 0.0566. The van der Waals surface area contributed by atoms with Crippen molar-refractivity contribution >= 4 is 17.2 Å². The molecule has 24 heavy (non-hydrogen) atoms. The Morgan fingerprint density at radius 1 is 1.29 bits per heavy atom. The van der Waals surface area contributed by atoms with Crippen LogP contribution in [0, 0.1) is 12.8 Å². The zero-order valence-electron chi connectivity index (χ0n) is 14.1. The summed E-state index contributed by atoms with van der Waals surface area (Å²) in [5, 5.41) is 6.12. The molecule has 0 radical (unpaired) electrons. The molecule has 1 fully saturated rings. The third kappa shape index (κ3) is 4.22. The number of carbonyl (C=O) groups is 1. The highest BCUT2D eigenvalue weighted by Crippen LogP contribution is 2.25. The van der Waals surface area contributed by atoms with Crippen molar-refractivity contribution in [3.63, 3.8) is 0 Å². The molecule has 1 aliphatic carbocycles. The van der Waals surface area contributed by atoms with Crippen LogP contribution in [0.25, 0.3) is 10.6 Å². The van der Waals surface area contributed by atoms with Crippen LogP contribution >= 0.6 is 11.3 Å². The number of rotatable bonds is 5. The highest BCUT2D eigenvalue weighted by atomic mass is 32.1. The van der Waals surface area contributed by atoms with Gasteiger partial charge in [-0.3, -0.25) is 4.79 Å². The molecule has 1 heterocycles. The van der Waals surface area contributed by atoms with E-state index in [2.05, 4.69) is 41.5 Å². The number of benzene rings is 1. The van der Waals surface area contributed by atoms with Crippen LogP contribution in [0.4, 0.5) is 0 Å². The number of carbonyl (C=O) groups excluding carboxylic acids is 1. The van der Waals surface area contributed by atoms with E-state index in [9.17, 15) is 4.79 Å². The Balaban J connectivity index is 1.59. The summed E-state index contributed by atoms with van der Waals surface area (Å²) < 4.78 is 0. The van der Waals surface area contributed by atoms with Gasteiger partial charge >= 0.3 is 0 Å². The van der Waals surface area contributed by atoms with Crippen LogP contribution in [0.2, 0.25) is 0 Å². The number of hydrogen-bond acceptors (Lipinski definition) is 4. The fraction of sp³-hybridized carbons (Fsp3) is 0.474. The van der Waals surface area contributed by atoms with Gasteiger partial charge in [0.2, 0.25) is 5.91 Å². The Morgan fingerprint density at radius 3 is 2.79 bits per heavy atom. The van der Waals surface area contributed by atoms with Crippen LogP contribution < -0.4 is 11.1 Å². The number of nitrogens with two attached hydrogens (primary N) is 1. The van der Waals surface area contributed by atoms with Gasteiger partial charge in [0.15, 0.2) is 0 Å². The predicted octanol–water partition coefficient (Wildman–Crippen LogP) is 3.29. The van der Waals surface area contributed by atoms with Crippen molar-refractivity contribution in [3.05, 3.63) is 40.9 Å². The Hall–Kier alpha value is -1.72. The molecule has 1 amide bonds. The monoisotopic (exact) mass is 343 g/mol. The van der Waals surface area contributed by atoms with E-state index < -0.39 is 0 Å². The molecular formula is C19H25N3OS. The zero-order valence-corrected chi connectivity index (χ0v) is 14.9. The van der Waals surface area contributed by atoms with Gasteiger partial charge in [0, 0.05) is 17.0 Å². The highest BCUT2D eigenvalue weighted by molar-refractivity contribution is 7.13. The number of amides is 1. The quantitative estimate of drug-likeness (QED) is 0.875. The van der Waals surface area contributed by atoms with Gasteiger partial charge in [0.25, 0.3) is 0 Å². The molecule has 3 N–H and O–H groups in total. The van der Waals surface area contributed by atoms with Gasteiger partial charge in [-0.2, -0.15) is 0 Å². The fourth-order valence-electron chi connectivity index (χ4n) is 3.32. The van der Waals surface area contributed by atoms with E-state index in [1.165, 1.54) is 18.4 Å². The molecule has 4 nitrogen and oxygen atoms in total. The Kier molecular flexibility index (Phi) is 5.63. The van der Waals surface area contributed by atoms with E-state index in [0.717, 1.165) is 29.1 Å². The number of nitrogens with one attached hydrogen (secondary N) is 1. The molecule has 0 bridgehead atoms. The summed E-state index contributed by atoms with van der Waals surface area (Å²) in [5.74, 6) is 0.474. The second-order valence-electron chi connectivity index (χ2n) is 6.64. The normalized spacial score (nSPS) is 20.8. The lowest BCUT2D eigenvalue weighted by molar-refractivity contribution is -0.121. The molecule has 3 rings (SSSR count). The fourth-order valence-corrected chi connectivity index (χ4v) is 4.14. The van der Waals surface area contributed by atoms with Crippen LogP contribution in [0.15, 0.2) is 29.6 Å². The topological polar surface area (TPSA) is 68.0 Å². The summed E-state index contributed by atoms with van der Waals surface area (Å²) in [6.07, 6.45) is 4.90. The first-order valence-electron chi connectivity index (χ1n) is 8.66. The average Bonchev–Trinajstić information content (AvgIpc) is 3.04. The van der Waals surface area contributed by atoms with Crippen LogP contribution in [-0.2, 0) is 11.2 Å². The molecule has 1 aromatic carbocycles. The summed E-state index contributed by atoms with van der Waals surface area (Å²) in [4.78, 5) is 17.0. The van der Waals surface area contributed by atoms with E-state index in [1.807, 2.05) is 5.38 Å². The highest BCUT2D eigenvalue weighted by Gasteiger charge is 2.25. The third-order valence-corrected chi connectivity index (χ3v) is 5.69. The van der Waals surface area contributed by atoms with E-state index in [1.54, 1.807) is 11.3 Å². The number of nitrogens with zero attached hydrogens (tertiary/aromatic N) is 1. The minimum Gasteiger partial charge on any atom is -0.353 e. The molecular weight excluding hydrogens is 318 g/mol. The summed E-state index contributed by atoms with van der Waals surface area (Å²) in [6.45, 7) is 2.72. The molecule has 1 saturated carbocycles. The smallest absolute Gasteiger partial charge is 0.226 e. The van der Waals surface area contributed by atoms with E-state index in [4.69, 9.17) is 5.73 Å². The molecule has 1 aliphatic rings. The number of aryl methyl sites for hydroxylation is 1. The predicted molar refractivity (Wildman–Crippen MR) is 98.9 cm³/mol. The number of aromatic nitrogens is 1. The van der Waals surface area contributed by atoms with Crippen molar-refractivity contribution in [1.82, 2.24) is 10.3 Å². The van der Waals surface area contributed by atoms with Crippen LogP contribution in [0.5, 0.6) is 0 Å². The third-order valence-electron chi connectivity index (χ3n) is 4.75. The first-order chi connectivity index (χ1) is 11.7. The molecule has 128 valence electrons. The summed E-state index contributed by atoms with van der Waals surface area (Å²) in [6, 6.07) is 8.54. The Morgan fingerprint density at radius 2 is 2.04 bits per heavy atom. The lowest BCUT2D eigenvalue weighted by atomic mass is 9.84. The molecule has 5 heteroatoms. The molecule has 2 atom stereocenters. The van der Waals surface area contributed by atoms with E-state index in [-0.39, 0.29) is 11.9 Å². The Bertz CT molecular complexity index is 680. The van der Waals surface area contributed by atoms with Crippen LogP contribution in [0.1, 0.15) is 36.9 Å². The van der Waals surface area contributed by atoms with Gasteiger partial charge in [-0.25, -0.2) is 4.98 Å². The van der Waals surface area contributed by atoms with Crippen molar-refractivity contribution < 1.29 is 4.79 Å². The second-order valence-corrected chi connectivity index (χ2v) is 7.50. The number of hydrogen-bond donors (Lipinski definition) is 2.